The number of rotatable bonds is 8. The first kappa shape index (κ1) is 28.3. The van der Waals surface area contributed by atoms with E-state index in [4.69, 9.17) is 14.2 Å². The molecule has 10 heteroatoms. The highest BCUT2D eigenvalue weighted by Crippen LogP contribution is 2.32. The molecule has 0 atom stereocenters. The third-order valence-electron chi connectivity index (χ3n) is 6.27. The third kappa shape index (κ3) is 5.97. The number of nitrogens with one attached hydrogen (secondary N) is 3. The van der Waals surface area contributed by atoms with Gasteiger partial charge in [0.25, 0.3) is 11.1 Å². The molecule has 0 amide bonds. The number of carbonyl (C=O) groups is 1. The van der Waals surface area contributed by atoms with Crippen molar-refractivity contribution in [1.82, 2.24) is 19.9 Å². The van der Waals surface area contributed by atoms with Crippen LogP contribution in [0.1, 0.15) is 59.2 Å². The number of aromatic amines is 3. The first-order chi connectivity index (χ1) is 19.0. The van der Waals surface area contributed by atoms with Crippen LogP contribution < -0.4 is 31.3 Å². The number of aromatic nitrogens is 4. The van der Waals surface area contributed by atoms with Crippen LogP contribution in [0.2, 0.25) is 0 Å². The molecule has 0 fully saturated rings. The van der Waals surface area contributed by atoms with E-state index in [0.29, 0.717) is 39.4 Å². The highest BCUT2D eigenvalue weighted by molar-refractivity contribution is 6.11. The summed E-state index contributed by atoms with van der Waals surface area (Å²) in [6.45, 7) is 6.29. The van der Waals surface area contributed by atoms with Gasteiger partial charge in [-0.25, -0.2) is 4.98 Å². The van der Waals surface area contributed by atoms with E-state index in [9.17, 15) is 14.4 Å². The molecule has 0 aliphatic heterocycles. The molecule has 4 aromatic rings. The number of carbonyl (C=O) groups excluding carboxylic acids is 1. The quantitative estimate of drug-likeness (QED) is 0.289. The van der Waals surface area contributed by atoms with Crippen molar-refractivity contribution >= 4 is 17.9 Å². The van der Waals surface area contributed by atoms with Crippen molar-refractivity contribution in [2.24, 2.45) is 0 Å². The summed E-state index contributed by atoms with van der Waals surface area (Å²) >= 11 is 0. The number of imidazole rings is 1. The van der Waals surface area contributed by atoms with Crippen molar-refractivity contribution in [1.29, 1.82) is 0 Å². The Morgan fingerprint density at radius 3 is 2.27 bits per heavy atom. The fourth-order valence-electron chi connectivity index (χ4n) is 4.39. The minimum Gasteiger partial charge on any atom is -0.497 e. The second-order valence-corrected chi connectivity index (χ2v) is 10.2. The minimum atomic E-state index is -0.492. The topological polar surface area (TPSA) is 139 Å². The van der Waals surface area contributed by atoms with E-state index >= 15 is 0 Å². The van der Waals surface area contributed by atoms with Crippen LogP contribution in [0.15, 0.2) is 52.3 Å². The van der Waals surface area contributed by atoms with Gasteiger partial charge in [-0.15, -0.1) is 0 Å². The maximum Gasteiger partial charge on any atom is 0.272 e. The smallest absolute Gasteiger partial charge is 0.272 e. The summed E-state index contributed by atoms with van der Waals surface area (Å²) in [6.07, 6.45) is 4.60. The van der Waals surface area contributed by atoms with Gasteiger partial charge in [-0.2, -0.15) is 0 Å². The molecular weight excluding hydrogens is 512 g/mol. The summed E-state index contributed by atoms with van der Waals surface area (Å²) < 4.78 is 16.2. The first-order valence-electron chi connectivity index (χ1n) is 12.5. The SMILES string of the molecule is COCc1cc(OC)cc(C(=O)c2cccc(/C=c3\[nH]c(=O)/c(=C/c4nc[nH]c4C(C)(C)C)[nH]c3=O)c2)c1OC. The molecule has 10 nitrogen and oxygen atoms in total. The van der Waals surface area contributed by atoms with Gasteiger partial charge < -0.3 is 29.2 Å². The third-order valence-corrected chi connectivity index (χ3v) is 6.27. The number of benzene rings is 2. The first-order valence-corrected chi connectivity index (χ1v) is 12.5. The number of hydrogen-bond donors (Lipinski definition) is 3. The number of methoxy groups -OCH3 is 3. The normalized spacial score (nSPS) is 12.6. The van der Waals surface area contributed by atoms with Crippen LogP contribution in [0.5, 0.6) is 11.5 Å². The number of nitrogens with zero attached hydrogens (tertiary/aromatic N) is 1. The van der Waals surface area contributed by atoms with Gasteiger partial charge in [-0.3, -0.25) is 14.4 Å². The van der Waals surface area contributed by atoms with Gasteiger partial charge in [-0.1, -0.05) is 39.0 Å². The Bertz CT molecular complexity index is 1790. The van der Waals surface area contributed by atoms with E-state index in [1.165, 1.54) is 20.3 Å². The fraction of sp³-hybridized carbons (Fsp3) is 0.267. The highest BCUT2D eigenvalue weighted by atomic mass is 16.5. The van der Waals surface area contributed by atoms with Crippen LogP contribution in [0.3, 0.4) is 0 Å². The Labute approximate surface area is 230 Å². The average Bonchev–Trinajstić information content (AvgIpc) is 3.40. The predicted molar refractivity (Wildman–Crippen MR) is 151 cm³/mol. The monoisotopic (exact) mass is 544 g/mol. The Morgan fingerprint density at radius 1 is 0.950 bits per heavy atom. The Balaban J connectivity index is 1.75. The van der Waals surface area contributed by atoms with Crippen molar-refractivity contribution in [3.05, 3.63) is 108 Å². The van der Waals surface area contributed by atoms with Crippen LogP contribution in [0.4, 0.5) is 0 Å². The lowest BCUT2D eigenvalue weighted by molar-refractivity contribution is 0.103. The van der Waals surface area contributed by atoms with Crippen LogP contribution >= 0.6 is 0 Å². The minimum absolute atomic E-state index is 0.0474. The van der Waals surface area contributed by atoms with Crippen LogP contribution in [0, 0.1) is 0 Å². The molecule has 4 rings (SSSR count). The van der Waals surface area contributed by atoms with Gasteiger partial charge in [0.15, 0.2) is 5.78 Å². The molecule has 0 saturated heterocycles. The molecule has 2 aromatic heterocycles. The van der Waals surface area contributed by atoms with Crippen molar-refractivity contribution in [3.63, 3.8) is 0 Å². The Kier molecular flexibility index (Phi) is 8.20. The number of ether oxygens (including phenoxy) is 3. The second-order valence-electron chi connectivity index (χ2n) is 10.2. The maximum absolute atomic E-state index is 13.5. The summed E-state index contributed by atoms with van der Waals surface area (Å²) in [7, 11) is 4.56. The van der Waals surface area contributed by atoms with Crippen LogP contribution in [-0.2, 0) is 16.8 Å². The average molecular weight is 545 g/mol. The Morgan fingerprint density at radius 2 is 1.65 bits per heavy atom. The molecule has 0 spiro atoms. The van der Waals surface area contributed by atoms with Crippen LogP contribution in [-0.4, -0.2) is 47.0 Å². The fourth-order valence-corrected chi connectivity index (χ4v) is 4.39. The standard InChI is InChI=1S/C30H32N4O6/c1-30(2,3)27-22(31-16-32-27)14-24-29(37)33-23(28(36)34-24)11-17-8-7-9-18(10-17)25(35)21-13-20(39-5)12-19(15-38-4)26(21)40-6/h7-14,16H,15H2,1-6H3,(H,31,32)(H,33,37)(H,34,36)/b23-11-,24-14-. The molecule has 0 aliphatic rings. The van der Waals surface area contributed by atoms with E-state index in [1.54, 1.807) is 55.9 Å². The Hall–Kier alpha value is -4.70. The zero-order valence-electron chi connectivity index (χ0n) is 23.3. The van der Waals surface area contributed by atoms with Gasteiger partial charge in [0.1, 0.15) is 22.2 Å². The van der Waals surface area contributed by atoms with Crippen LogP contribution in [0.25, 0.3) is 12.2 Å². The molecule has 0 bridgehead atoms. The van der Waals surface area contributed by atoms with Gasteiger partial charge in [0, 0.05) is 29.3 Å². The van der Waals surface area contributed by atoms with E-state index in [-0.39, 0.29) is 28.5 Å². The summed E-state index contributed by atoms with van der Waals surface area (Å²) in [4.78, 5) is 51.9. The molecule has 0 unspecified atom stereocenters. The molecular formula is C30H32N4O6. The van der Waals surface area contributed by atoms with Crippen molar-refractivity contribution in [2.45, 2.75) is 32.8 Å². The number of ketones is 1. The number of H-pyrrole nitrogens is 3. The van der Waals surface area contributed by atoms with Gasteiger partial charge in [-0.05, 0) is 35.9 Å². The van der Waals surface area contributed by atoms with Crippen molar-refractivity contribution in [2.75, 3.05) is 21.3 Å². The highest BCUT2D eigenvalue weighted by Gasteiger charge is 2.21. The summed E-state index contributed by atoms with van der Waals surface area (Å²) in [5.41, 5.74) is 2.09. The lowest BCUT2D eigenvalue weighted by atomic mass is 9.90. The molecule has 3 N–H and O–H groups in total. The lowest BCUT2D eigenvalue weighted by Crippen LogP contribution is -2.46. The summed E-state index contributed by atoms with van der Waals surface area (Å²) in [5.74, 6) is 0.579. The van der Waals surface area contributed by atoms with E-state index < -0.39 is 11.1 Å². The molecule has 40 heavy (non-hydrogen) atoms. The molecule has 208 valence electrons. The molecule has 0 saturated carbocycles. The van der Waals surface area contributed by atoms with Gasteiger partial charge >= 0.3 is 0 Å². The molecule has 2 aromatic carbocycles. The zero-order valence-corrected chi connectivity index (χ0v) is 23.3. The largest absolute Gasteiger partial charge is 0.497 e. The molecule has 2 heterocycles. The van der Waals surface area contributed by atoms with E-state index in [1.807, 2.05) is 20.8 Å². The lowest BCUT2D eigenvalue weighted by Gasteiger charge is -2.16. The van der Waals surface area contributed by atoms with E-state index in [2.05, 4.69) is 19.9 Å². The predicted octanol–water partition coefficient (Wildman–Crippen LogP) is 2.14. The maximum atomic E-state index is 13.5. The van der Waals surface area contributed by atoms with Crippen molar-refractivity contribution in [3.8, 4) is 11.5 Å². The molecule has 0 aliphatic carbocycles. The van der Waals surface area contributed by atoms with E-state index in [0.717, 1.165) is 5.69 Å². The summed E-state index contributed by atoms with van der Waals surface area (Å²) in [6, 6.07) is 10.1. The summed E-state index contributed by atoms with van der Waals surface area (Å²) in [5, 5.41) is 0.131. The van der Waals surface area contributed by atoms with Gasteiger partial charge in [0.2, 0.25) is 0 Å². The van der Waals surface area contributed by atoms with Crippen molar-refractivity contribution < 1.29 is 19.0 Å². The molecule has 0 radical (unpaired) electrons. The second kappa shape index (κ2) is 11.6. The van der Waals surface area contributed by atoms with Gasteiger partial charge in [0.05, 0.1) is 38.4 Å². The number of hydrogen-bond acceptors (Lipinski definition) is 7. The zero-order chi connectivity index (χ0) is 29.0.